The molecule has 6 nitrogen and oxygen atoms in total. The Morgan fingerprint density at radius 3 is 2.71 bits per heavy atom. The number of hydrogen-bond acceptors (Lipinski definition) is 6. The van der Waals surface area contributed by atoms with E-state index >= 15 is 0 Å². The van der Waals surface area contributed by atoms with Crippen LogP contribution in [-0.2, 0) is 12.7 Å². The van der Waals surface area contributed by atoms with Gasteiger partial charge in [-0.1, -0.05) is 6.07 Å². The highest BCUT2D eigenvalue weighted by Crippen LogP contribution is 2.40. The molecule has 3 aromatic rings. The van der Waals surface area contributed by atoms with Crippen molar-refractivity contribution in [3.05, 3.63) is 54.1 Å². The van der Waals surface area contributed by atoms with Crippen LogP contribution >= 0.6 is 0 Å². The van der Waals surface area contributed by atoms with Crippen molar-refractivity contribution in [1.82, 2.24) is 20.3 Å². The Morgan fingerprint density at radius 1 is 1.14 bits per heavy atom. The standard InChI is InChI=1S/C19H18F3N5O/c20-19(21,22)14-10-24-11-17(18(14)28-13-3-4-23-9-13)27-8-12-1-2-15-16(7-12)26-6-5-25-15/h1-2,5-7,10-11,13,23,27H,3-4,8-9H2. The fourth-order valence-electron chi connectivity index (χ4n) is 3.12. The van der Waals surface area contributed by atoms with Crippen LogP contribution in [0.5, 0.6) is 5.75 Å². The van der Waals surface area contributed by atoms with E-state index in [9.17, 15) is 13.2 Å². The first-order chi connectivity index (χ1) is 13.5. The first-order valence-corrected chi connectivity index (χ1v) is 8.87. The molecule has 0 saturated carbocycles. The summed E-state index contributed by atoms with van der Waals surface area (Å²) in [7, 11) is 0. The van der Waals surface area contributed by atoms with Gasteiger partial charge in [0.2, 0.25) is 0 Å². The second-order valence-electron chi connectivity index (χ2n) is 6.53. The number of rotatable bonds is 5. The van der Waals surface area contributed by atoms with Crippen LogP contribution in [0.3, 0.4) is 0 Å². The molecule has 0 spiro atoms. The number of hydrogen-bond donors (Lipinski definition) is 2. The Hall–Kier alpha value is -2.94. The molecule has 2 N–H and O–H groups in total. The van der Waals surface area contributed by atoms with E-state index in [4.69, 9.17) is 4.74 Å². The maximum Gasteiger partial charge on any atom is 0.421 e. The van der Waals surface area contributed by atoms with Gasteiger partial charge in [-0.2, -0.15) is 13.2 Å². The molecular formula is C19H18F3N5O. The molecule has 1 aliphatic rings. The summed E-state index contributed by atoms with van der Waals surface area (Å²) in [4.78, 5) is 12.2. The topological polar surface area (TPSA) is 72.0 Å². The summed E-state index contributed by atoms with van der Waals surface area (Å²) in [6.45, 7) is 1.54. The number of nitrogens with one attached hydrogen (secondary N) is 2. The lowest BCUT2D eigenvalue weighted by molar-refractivity contribution is -0.139. The molecule has 0 bridgehead atoms. The molecule has 146 valence electrons. The molecule has 9 heteroatoms. The highest BCUT2D eigenvalue weighted by molar-refractivity contribution is 5.74. The summed E-state index contributed by atoms with van der Waals surface area (Å²) in [5.41, 5.74) is 1.66. The second kappa shape index (κ2) is 7.59. The van der Waals surface area contributed by atoms with Crippen LogP contribution in [0.25, 0.3) is 11.0 Å². The molecule has 1 fully saturated rings. The van der Waals surface area contributed by atoms with Crippen molar-refractivity contribution < 1.29 is 17.9 Å². The minimum absolute atomic E-state index is 0.209. The first-order valence-electron chi connectivity index (χ1n) is 8.87. The van der Waals surface area contributed by atoms with E-state index in [0.717, 1.165) is 29.3 Å². The number of aromatic nitrogens is 3. The van der Waals surface area contributed by atoms with Crippen molar-refractivity contribution in [2.45, 2.75) is 25.2 Å². The Balaban J connectivity index is 1.60. The second-order valence-corrected chi connectivity index (χ2v) is 6.53. The largest absolute Gasteiger partial charge is 0.486 e. The summed E-state index contributed by atoms with van der Waals surface area (Å²) < 4.78 is 46.1. The smallest absolute Gasteiger partial charge is 0.421 e. The predicted octanol–water partition coefficient (Wildman–Crippen LogP) is 3.40. The Kier molecular flexibility index (Phi) is 4.99. The molecule has 0 amide bonds. The summed E-state index contributed by atoms with van der Waals surface area (Å²) in [5.74, 6) is -0.211. The highest BCUT2D eigenvalue weighted by atomic mass is 19.4. The van der Waals surface area contributed by atoms with Crippen molar-refractivity contribution in [2.24, 2.45) is 0 Å². The van der Waals surface area contributed by atoms with E-state index in [0.29, 0.717) is 19.5 Å². The van der Waals surface area contributed by atoms with Gasteiger partial charge in [-0.25, -0.2) is 0 Å². The first kappa shape index (κ1) is 18.4. The van der Waals surface area contributed by atoms with Crippen molar-refractivity contribution in [1.29, 1.82) is 0 Å². The molecule has 1 atom stereocenters. The van der Waals surface area contributed by atoms with E-state index in [1.807, 2.05) is 18.2 Å². The summed E-state index contributed by atoms with van der Waals surface area (Å²) in [6.07, 6.45) is 1.16. The molecule has 1 aliphatic heterocycles. The lowest BCUT2D eigenvalue weighted by atomic mass is 10.1. The van der Waals surface area contributed by atoms with Crippen molar-refractivity contribution in [3.63, 3.8) is 0 Å². The quantitative estimate of drug-likeness (QED) is 0.697. The zero-order chi connectivity index (χ0) is 19.6. The van der Waals surface area contributed by atoms with Crippen LogP contribution in [0.2, 0.25) is 0 Å². The highest BCUT2D eigenvalue weighted by Gasteiger charge is 2.37. The number of pyridine rings is 1. The molecule has 1 saturated heterocycles. The van der Waals surface area contributed by atoms with E-state index in [-0.39, 0.29) is 17.5 Å². The van der Waals surface area contributed by atoms with Crippen LogP contribution in [-0.4, -0.2) is 34.1 Å². The Morgan fingerprint density at radius 2 is 1.96 bits per heavy atom. The Bertz CT molecular complexity index is 973. The SMILES string of the molecule is FC(F)(F)c1cncc(NCc2ccc3nccnc3c2)c1OC1CCNC1. The van der Waals surface area contributed by atoms with E-state index in [2.05, 4.69) is 25.6 Å². The number of anilines is 1. The number of fused-ring (bicyclic) bond motifs is 1. The molecular weight excluding hydrogens is 371 g/mol. The minimum Gasteiger partial charge on any atom is -0.486 e. The average Bonchev–Trinajstić information content (AvgIpc) is 3.19. The Labute approximate surface area is 159 Å². The van der Waals surface area contributed by atoms with E-state index < -0.39 is 11.7 Å². The third-order valence-corrected chi connectivity index (χ3v) is 4.52. The number of nitrogens with zero attached hydrogens (tertiary/aromatic N) is 3. The third-order valence-electron chi connectivity index (χ3n) is 4.52. The summed E-state index contributed by atoms with van der Waals surface area (Å²) in [5, 5.41) is 6.11. The fraction of sp³-hybridized carbons (Fsp3) is 0.316. The van der Waals surface area contributed by atoms with Gasteiger partial charge in [0.1, 0.15) is 11.7 Å². The molecule has 0 aliphatic carbocycles. The van der Waals surface area contributed by atoms with Gasteiger partial charge < -0.3 is 15.4 Å². The van der Waals surface area contributed by atoms with Gasteiger partial charge in [0.25, 0.3) is 0 Å². The van der Waals surface area contributed by atoms with E-state index in [1.165, 1.54) is 6.20 Å². The van der Waals surface area contributed by atoms with Crippen molar-refractivity contribution >= 4 is 16.7 Å². The maximum absolute atomic E-state index is 13.5. The molecule has 2 aromatic heterocycles. The zero-order valence-electron chi connectivity index (χ0n) is 14.8. The minimum atomic E-state index is -4.55. The van der Waals surface area contributed by atoms with Gasteiger partial charge in [-0.05, 0) is 30.7 Å². The summed E-state index contributed by atoms with van der Waals surface area (Å²) >= 11 is 0. The van der Waals surface area contributed by atoms with Crippen molar-refractivity contribution in [2.75, 3.05) is 18.4 Å². The molecule has 1 unspecified atom stereocenters. The maximum atomic E-state index is 13.5. The van der Waals surface area contributed by atoms with Crippen LogP contribution in [0.1, 0.15) is 17.5 Å². The van der Waals surface area contributed by atoms with E-state index in [1.54, 1.807) is 12.4 Å². The van der Waals surface area contributed by atoms with Crippen molar-refractivity contribution in [3.8, 4) is 5.75 Å². The van der Waals surface area contributed by atoms with Gasteiger partial charge in [-0.15, -0.1) is 0 Å². The molecule has 0 radical (unpaired) electrons. The number of benzene rings is 1. The van der Waals surface area contributed by atoms with Gasteiger partial charge in [0, 0.05) is 31.7 Å². The number of alkyl halides is 3. The lowest BCUT2D eigenvalue weighted by Gasteiger charge is -2.21. The van der Waals surface area contributed by atoms with Gasteiger partial charge in [0.05, 0.1) is 22.9 Å². The van der Waals surface area contributed by atoms with Crippen LogP contribution in [0, 0.1) is 0 Å². The number of halogens is 3. The van der Waals surface area contributed by atoms with Gasteiger partial charge >= 0.3 is 6.18 Å². The van der Waals surface area contributed by atoms with Gasteiger partial charge in [0.15, 0.2) is 5.75 Å². The molecule has 28 heavy (non-hydrogen) atoms. The summed E-state index contributed by atoms with van der Waals surface area (Å²) in [6, 6.07) is 5.52. The normalized spacial score (nSPS) is 17.0. The average molecular weight is 389 g/mol. The molecule has 1 aromatic carbocycles. The fourth-order valence-corrected chi connectivity index (χ4v) is 3.12. The molecule has 4 rings (SSSR count). The number of ether oxygens (including phenoxy) is 1. The van der Waals surface area contributed by atoms with Crippen LogP contribution < -0.4 is 15.4 Å². The molecule has 3 heterocycles. The zero-order valence-corrected chi connectivity index (χ0v) is 14.8. The lowest BCUT2D eigenvalue weighted by Crippen LogP contribution is -2.22. The monoisotopic (exact) mass is 389 g/mol. The van der Waals surface area contributed by atoms with Gasteiger partial charge in [-0.3, -0.25) is 15.0 Å². The predicted molar refractivity (Wildman–Crippen MR) is 98.0 cm³/mol. The van der Waals surface area contributed by atoms with Crippen LogP contribution in [0.4, 0.5) is 18.9 Å². The third kappa shape index (κ3) is 3.99. The van der Waals surface area contributed by atoms with Crippen LogP contribution in [0.15, 0.2) is 43.0 Å².